The first-order valence-electron chi connectivity index (χ1n) is 6.57. The molecule has 1 unspecified atom stereocenters. The van der Waals surface area contributed by atoms with Gasteiger partial charge in [-0.15, -0.1) is 0 Å². The molecule has 0 radical (unpaired) electrons. The molecule has 0 aromatic heterocycles. The van der Waals surface area contributed by atoms with Crippen LogP contribution in [0.5, 0.6) is 0 Å². The Morgan fingerprint density at radius 2 is 2.21 bits per heavy atom. The lowest BCUT2D eigenvalue weighted by atomic mass is 10.2. The molecule has 1 rings (SSSR count). The molecule has 1 amide bonds. The summed E-state index contributed by atoms with van der Waals surface area (Å²) < 4.78 is 4.84. The monoisotopic (exact) mass is 273 g/mol. The molecule has 1 heterocycles. The Hall–Kier alpha value is -1.18. The molecule has 0 aromatic carbocycles. The summed E-state index contributed by atoms with van der Waals surface area (Å²) in [6.07, 6.45) is 1.28. The van der Waals surface area contributed by atoms with Crippen LogP contribution >= 0.6 is 0 Å². The molecular weight excluding hydrogens is 250 g/mol. The van der Waals surface area contributed by atoms with Crippen LogP contribution in [0.1, 0.15) is 12.8 Å². The van der Waals surface area contributed by atoms with Crippen LogP contribution in [0.2, 0.25) is 0 Å². The van der Waals surface area contributed by atoms with Crippen LogP contribution in [0.4, 0.5) is 0 Å². The first-order valence-corrected chi connectivity index (χ1v) is 6.57. The van der Waals surface area contributed by atoms with Crippen LogP contribution in [-0.4, -0.2) is 74.4 Å². The summed E-state index contributed by atoms with van der Waals surface area (Å²) in [4.78, 5) is 24.9. The molecular formula is C12H23N3O4. The number of hydrogen-bond acceptors (Lipinski definition) is 5. The summed E-state index contributed by atoms with van der Waals surface area (Å²) in [6.45, 7) is 4.05. The van der Waals surface area contributed by atoms with Crippen LogP contribution in [-0.2, 0) is 14.3 Å². The summed E-state index contributed by atoms with van der Waals surface area (Å²) in [5.74, 6) is -1.27. The Morgan fingerprint density at radius 1 is 1.42 bits per heavy atom. The number of ether oxygens (including phenoxy) is 1. The summed E-state index contributed by atoms with van der Waals surface area (Å²) >= 11 is 0. The van der Waals surface area contributed by atoms with E-state index in [0.29, 0.717) is 6.61 Å². The highest BCUT2D eigenvalue weighted by Gasteiger charge is 2.21. The zero-order valence-electron chi connectivity index (χ0n) is 11.4. The van der Waals surface area contributed by atoms with Gasteiger partial charge in [-0.1, -0.05) is 0 Å². The minimum atomic E-state index is -1.03. The predicted octanol–water partition coefficient (Wildman–Crippen LogP) is -1.11. The van der Waals surface area contributed by atoms with Gasteiger partial charge in [0.15, 0.2) is 0 Å². The molecule has 1 fully saturated rings. The Balaban J connectivity index is 2.36. The van der Waals surface area contributed by atoms with Crippen molar-refractivity contribution in [1.82, 2.24) is 15.5 Å². The molecule has 0 bridgehead atoms. The van der Waals surface area contributed by atoms with E-state index in [4.69, 9.17) is 9.84 Å². The van der Waals surface area contributed by atoms with Crippen molar-refractivity contribution in [3.05, 3.63) is 0 Å². The fourth-order valence-electron chi connectivity index (χ4n) is 2.00. The molecule has 7 nitrogen and oxygen atoms in total. The van der Waals surface area contributed by atoms with Crippen LogP contribution in [0.25, 0.3) is 0 Å². The third kappa shape index (κ3) is 6.51. The maximum Gasteiger partial charge on any atom is 0.326 e. The molecule has 110 valence electrons. The summed E-state index contributed by atoms with van der Waals surface area (Å²) in [5, 5.41) is 14.8. The average Bonchev–Trinajstić information content (AvgIpc) is 2.62. The van der Waals surface area contributed by atoms with E-state index >= 15 is 0 Å². The maximum atomic E-state index is 11.8. The van der Waals surface area contributed by atoms with Gasteiger partial charge in [0.25, 0.3) is 0 Å². The van der Waals surface area contributed by atoms with E-state index in [1.165, 1.54) is 7.11 Å². The number of carbonyl (C=O) groups excluding carboxylic acids is 1. The molecule has 1 atom stereocenters. The van der Waals surface area contributed by atoms with Crippen molar-refractivity contribution in [2.75, 3.05) is 46.4 Å². The second kappa shape index (κ2) is 8.84. The quantitative estimate of drug-likeness (QED) is 0.545. The zero-order valence-corrected chi connectivity index (χ0v) is 11.4. The third-order valence-electron chi connectivity index (χ3n) is 3.04. The maximum absolute atomic E-state index is 11.8. The lowest BCUT2D eigenvalue weighted by Crippen LogP contribution is -2.46. The summed E-state index contributed by atoms with van der Waals surface area (Å²) in [6, 6.07) is -0.877. The fraction of sp³-hybridized carbons (Fsp3) is 0.833. The second-order valence-corrected chi connectivity index (χ2v) is 4.62. The van der Waals surface area contributed by atoms with Crippen molar-refractivity contribution in [1.29, 1.82) is 0 Å². The van der Waals surface area contributed by atoms with Crippen LogP contribution in [0, 0.1) is 0 Å². The smallest absolute Gasteiger partial charge is 0.326 e. The first-order chi connectivity index (χ1) is 9.13. The number of amides is 1. The molecule has 1 aliphatic rings. The number of carbonyl (C=O) groups is 2. The third-order valence-corrected chi connectivity index (χ3v) is 3.04. The van der Waals surface area contributed by atoms with Crippen LogP contribution in [0.15, 0.2) is 0 Å². The Labute approximate surface area is 113 Å². The molecule has 0 spiro atoms. The molecule has 7 heteroatoms. The van der Waals surface area contributed by atoms with Crippen molar-refractivity contribution in [3.63, 3.8) is 0 Å². The van der Waals surface area contributed by atoms with Crippen molar-refractivity contribution in [2.24, 2.45) is 0 Å². The summed E-state index contributed by atoms with van der Waals surface area (Å²) in [5.41, 5.74) is 0. The van der Waals surface area contributed by atoms with E-state index in [0.717, 1.165) is 32.6 Å². The highest BCUT2D eigenvalue weighted by atomic mass is 16.5. The van der Waals surface area contributed by atoms with E-state index in [9.17, 15) is 9.59 Å². The van der Waals surface area contributed by atoms with Gasteiger partial charge in [0, 0.05) is 33.2 Å². The van der Waals surface area contributed by atoms with Gasteiger partial charge in [-0.05, 0) is 19.5 Å². The van der Waals surface area contributed by atoms with Crippen molar-refractivity contribution < 1.29 is 19.4 Å². The predicted molar refractivity (Wildman–Crippen MR) is 70.0 cm³/mol. The number of methoxy groups -OCH3 is 1. The van der Waals surface area contributed by atoms with E-state index in [1.54, 1.807) is 0 Å². The summed E-state index contributed by atoms with van der Waals surface area (Å²) in [7, 11) is 1.50. The number of rotatable bonds is 7. The standard InChI is InChI=1S/C12H23N3O4/c1-19-8-3-10(12(17)18)14-11(16)9-15-6-2-4-13-5-7-15/h10,13H,2-9H2,1H3,(H,14,16)(H,17,18). The molecule has 1 aliphatic heterocycles. The molecule has 0 aliphatic carbocycles. The van der Waals surface area contributed by atoms with Crippen molar-refractivity contribution in [2.45, 2.75) is 18.9 Å². The molecule has 3 N–H and O–H groups in total. The van der Waals surface area contributed by atoms with Crippen LogP contribution in [0.3, 0.4) is 0 Å². The highest BCUT2D eigenvalue weighted by Crippen LogP contribution is 1.97. The fourth-order valence-corrected chi connectivity index (χ4v) is 2.00. The lowest BCUT2D eigenvalue weighted by molar-refractivity contribution is -0.142. The number of carboxylic acid groups (broad SMARTS) is 1. The first kappa shape index (κ1) is 15.9. The topological polar surface area (TPSA) is 90.9 Å². The Kier molecular flexibility index (Phi) is 7.39. The van der Waals surface area contributed by atoms with Gasteiger partial charge in [-0.3, -0.25) is 9.69 Å². The van der Waals surface area contributed by atoms with Gasteiger partial charge in [0.2, 0.25) is 5.91 Å². The van der Waals surface area contributed by atoms with Crippen molar-refractivity contribution in [3.8, 4) is 0 Å². The normalized spacial score (nSPS) is 18.6. The lowest BCUT2D eigenvalue weighted by Gasteiger charge is -2.20. The zero-order chi connectivity index (χ0) is 14.1. The van der Waals surface area contributed by atoms with E-state index < -0.39 is 12.0 Å². The van der Waals surface area contributed by atoms with E-state index in [1.807, 2.05) is 4.90 Å². The van der Waals surface area contributed by atoms with E-state index in [2.05, 4.69) is 10.6 Å². The van der Waals surface area contributed by atoms with Gasteiger partial charge in [-0.2, -0.15) is 0 Å². The molecule has 0 saturated carbocycles. The van der Waals surface area contributed by atoms with Gasteiger partial charge >= 0.3 is 5.97 Å². The number of hydrogen-bond donors (Lipinski definition) is 3. The van der Waals surface area contributed by atoms with Gasteiger partial charge < -0.3 is 20.5 Å². The number of nitrogens with zero attached hydrogens (tertiary/aromatic N) is 1. The number of nitrogens with one attached hydrogen (secondary N) is 2. The van der Waals surface area contributed by atoms with Gasteiger partial charge in [0.1, 0.15) is 6.04 Å². The molecule has 19 heavy (non-hydrogen) atoms. The number of carboxylic acids is 1. The average molecular weight is 273 g/mol. The van der Waals surface area contributed by atoms with Crippen molar-refractivity contribution >= 4 is 11.9 Å². The van der Waals surface area contributed by atoms with Crippen LogP contribution < -0.4 is 10.6 Å². The van der Waals surface area contributed by atoms with Gasteiger partial charge in [0.05, 0.1) is 6.54 Å². The minimum absolute atomic E-state index is 0.245. The molecule has 0 aromatic rings. The largest absolute Gasteiger partial charge is 0.480 e. The Morgan fingerprint density at radius 3 is 2.89 bits per heavy atom. The Bertz CT molecular complexity index is 291. The number of aliphatic carboxylic acids is 1. The SMILES string of the molecule is COCCC(NC(=O)CN1CCCNCC1)C(=O)O. The minimum Gasteiger partial charge on any atom is -0.480 e. The van der Waals surface area contributed by atoms with E-state index in [-0.39, 0.29) is 18.9 Å². The highest BCUT2D eigenvalue weighted by molar-refractivity contribution is 5.84. The van der Waals surface area contributed by atoms with Gasteiger partial charge in [-0.25, -0.2) is 4.79 Å². The second-order valence-electron chi connectivity index (χ2n) is 4.62. The molecule has 1 saturated heterocycles.